The third-order valence-corrected chi connectivity index (χ3v) is 6.39. The van der Waals surface area contributed by atoms with Crippen LogP contribution in [0.2, 0.25) is 0 Å². The Morgan fingerprint density at radius 1 is 1.19 bits per heavy atom. The summed E-state index contributed by atoms with van der Waals surface area (Å²) >= 11 is 0. The fourth-order valence-electron chi connectivity index (χ4n) is 2.97. The van der Waals surface area contributed by atoms with E-state index in [-0.39, 0.29) is 6.04 Å². The maximum Gasteiger partial charge on any atom is 0.243 e. The van der Waals surface area contributed by atoms with Gasteiger partial charge in [0, 0.05) is 18.6 Å². The monoisotopic (exact) mass is 308 g/mol. The van der Waals surface area contributed by atoms with Gasteiger partial charge in [-0.3, -0.25) is 0 Å². The average molecular weight is 308 g/mol. The molecule has 1 N–H and O–H groups in total. The summed E-state index contributed by atoms with van der Waals surface area (Å²) < 4.78 is 27.5. The third-order valence-electron chi connectivity index (χ3n) is 4.46. The van der Waals surface area contributed by atoms with E-state index in [4.69, 9.17) is 0 Å². The number of benzene rings is 1. The molecule has 3 rings (SSSR count). The molecule has 1 heterocycles. The van der Waals surface area contributed by atoms with Gasteiger partial charge in [-0.1, -0.05) is 19.1 Å². The van der Waals surface area contributed by atoms with Crippen molar-refractivity contribution >= 4 is 10.0 Å². The molecular weight excluding hydrogens is 284 g/mol. The van der Waals surface area contributed by atoms with Crippen molar-refractivity contribution in [1.82, 2.24) is 9.62 Å². The molecule has 0 amide bonds. The first-order chi connectivity index (χ1) is 10.1. The highest BCUT2D eigenvalue weighted by molar-refractivity contribution is 7.89. The van der Waals surface area contributed by atoms with Crippen molar-refractivity contribution in [2.45, 2.75) is 56.0 Å². The molecule has 5 heteroatoms. The average Bonchev–Trinajstić information content (AvgIpc) is 3.20. The zero-order valence-corrected chi connectivity index (χ0v) is 13.4. The molecule has 1 atom stereocenters. The fourth-order valence-corrected chi connectivity index (χ4v) is 4.70. The molecule has 1 aliphatic heterocycles. The van der Waals surface area contributed by atoms with Crippen molar-refractivity contribution in [3.8, 4) is 0 Å². The number of nitrogens with zero attached hydrogens (tertiary/aromatic N) is 1. The summed E-state index contributed by atoms with van der Waals surface area (Å²) in [5.74, 6) is 0. The van der Waals surface area contributed by atoms with E-state index >= 15 is 0 Å². The van der Waals surface area contributed by atoms with Crippen LogP contribution in [0.5, 0.6) is 0 Å². The molecule has 1 unspecified atom stereocenters. The van der Waals surface area contributed by atoms with Gasteiger partial charge in [0.1, 0.15) is 0 Å². The highest BCUT2D eigenvalue weighted by atomic mass is 32.2. The summed E-state index contributed by atoms with van der Waals surface area (Å²) in [5.41, 5.74) is 1.17. The van der Waals surface area contributed by atoms with Crippen LogP contribution in [0.25, 0.3) is 0 Å². The molecule has 116 valence electrons. The van der Waals surface area contributed by atoms with E-state index in [1.165, 1.54) is 5.56 Å². The molecule has 0 bridgehead atoms. The minimum Gasteiger partial charge on any atom is -0.313 e. The van der Waals surface area contributed by atoms with Gasteiger partial charge in [0.15, 0.2) is 0 Å². The van der Waals surface area contributed by atoms with Crippen LogP contribution >= 0.6 is 0 Å². The molecule has 2 fully saturated rings. The van der Waals surface area contributed by atoms with Crippen molar-refractivity contribution in [1.29, 1.82) is 0 Å². The minimum absolute atomic E-state index is 0.211. The maximum atomic E-state index is 12.9. The van der Waals surface area contributed by atoms with E-state index < -0.39 is 10.0 Å². The predicted molar refractivity (Wildman–Crippen MR) is 83.8 cm³/mol. The van der Waals surface area contributed by atoms with Gasteiger partial charge in [-0.25, -0.2) is 8.42 Å². The summed E-state index contributed by atoms with van der Waals surface area (Å²) in [6, 6.07) is 7.88. The molecule has 21 heavy (non-hydrogen) atoms. The summed E-state index contributed by atoms with van der Waals surface area (Å²) in [6.07, 6.45) is 5.15. The van der Waals surface area contributed by atoms with Crippen LogP contribution < -0.4 is 5.32 Å². The highest BCUT2D eigenvalue weighted by Crippen LogP contribution is 2.32. The lowest BCUT2D eigenvalue weighted by molar-refractivity contribution is 0.363. The van der Waals surface area contributed by atoms with Crippen LogP contribution in [-0.4, -0.2) is 37.9 Å². The zero-order chi connectivity index (χ0) is 14.9. The van der Waals surface area contributed by atoms with E-state index in [2.05, 4.69) is 12.2 Å². The lowest BCUT2D eigenvalue weighted by Crippen LogP contribution is -2.42. The Bertz CT molecular complexity index is 573. The van der Waals surface area contributed by atoms with Crippen molar-refractivity contribution in [2.24, 2.45) is 0 Å². The molecule has 4 nitrogen and oxygen atoms in total. The lowest BCUT2D eigenvalue weighted by Gasteiger charge is -2.25. The fraction of sp³-hybridized carbons (Fsp3) is 0.625. The molecule has 0 radical (unpaired) electrons. The first-order valence-corrected chi connectivity index (χ1v) is 9.39. The second kappa shape index (κ2) is 6.07. The standard InChI is InChI=1S/C16H24N2O2S/c1-2-13-5-9-16(10-6-13)21(19,20)18(15-7-8-15)12-14-4-3-11-17-14/h5-6,9-10,14-15,17H,2-4,7-8,11-12H2,1H3. The van der Waals surface area contributed by atoms with E-state index in [0.717, 1.165) is 38.6 Å². The zero-order valence-electron chi connectivity index (χ0n) is 12.6. The van der Waals surface area contributed by atoms with E-state index in [1.54, 1.807) is 16.4 Å². The number of sulfonamides is 1. The summed E-state index contributed by atoms with van der Waals surface area (Å²) in [4.78, 5) is 0.435. The van der Waals surface area contributed by atoms with Gasteiger partial charge < -0.3 is 5.32 Å². The summed E-state index contributed by atoms with van der Waals surface area (Å²) in [7, 11) is -3.36. The van der Waals surface area contributed by atoms with Gasteiger partial charge in [0.2, 0.25) is 10.0 Å². The Kier molecular flexibility index (Phi) is 4.33. The molecule has 1 saturated carbocycles. The van der Waals surface area contributed by atoms with Crippen molar-refractivity contribution in [3.05, 3.63) is 29.8 Å². The SMILES string of the molecule is CCc1ccc(S(=O)(=O)N(CC2CCCN2)C2CC2)cc1. The Morgan fingerprint density at radius 3 is 2.43 bits per heavy atom. The van der Waals surface area contributed by atoms with Crippen LogP contribution in [0.4, 0.5) is 0 Å². The van der Waals surface area contributed by atoms with Gasteiger partial charge >= 0.3 is 0 Å². The normalized spacial score (nSPS) is 22.9. The quantitative estimate of drug-likeness (QED) is 0.876. The number of aryl methyl sites for hydroxylation is 1. The Morgan fingerprint density at radius 2 is 1.90 bits per heavy atom. The smallest absolute Gasteiger partial charge is 0.243 e. The number of rotatable bonds is 6. The Balaban J connectivity index is 1.81. The van der Waals surface area contributed by atoms with Gasteiger partial charge in [0.25, 0.3) is 0 Å². The lowest BCUT2D eigenvalue weighted by atomic mass is 10.2. The highest BCUT2D eigenvalue weighted by Gasteiger charge is 2.39. The number of nitrogens with one attached hydrogen (secondary N) is 1. The molecule has 0 aromatic heterocycles. The molecular formula is C16H24N2O2S. The van der Waals surface area contributed by atoms with Crippen LogP contribution in [0.1, 0.15) is 38.2 Å². The Hall–Kier alpha value is -0.910. The van der Waals surface area contributed by atoms with E-state index in [0.29, 0.717) is 17.5 Å². The third kappa shape index (κ3) is 3.30. The van der Waals surface area contributed by atoms with E-state index in [9.17, 15) is 8.42 Å². The molecule has 2 aliphatic rings. The van der Waals surface area contributed by atoms with E-state index in [1.807, 2.05) is 12.1 Å². The second-order valence-electron chi connectivity index (χ2n) is 6.10. The van der Waals surface area contributed by atoms with Crippen LogP contribution in [-0.2, 0) is 16.4 Å². The molecule has 1 aromatic rings. The van der Waals surface area contributed by atoms with Gasteiger partial charge in [0.05, 0.1) is 4.90 Å². The predicted octanol–water partition coefficient (Wildman–Crippen LogP) is 2.15. The van der Waals surface area contributed by atoms with Crippen molar-refractivity contribution in [2.75, 3.05) is 13.1 Å². The summed E-state index contributed by atoms with van der Waals surface area (Å²) in [6.45, 7) is 3.70. The minimum atomic E-state index is -3.36. The molecule has 1 saturated heterocycles. The second-order valence-corrected chi connectivity index (χ2v) is 7.99. The first kappa shape index (κ1) is 15.0. The van der Waals surface area contributed by atoms with Crippen LogP contribution in [0.15, 0.2) is 29.2 Å². The number of hydrogen-bond acceptors (Lipinski definition) is 3. The van der Waals surface area contributed by atoms with Gasteiger partial charge in [-0.15, -0.1) is 0 Å². The summed E-state index contributed by atoms with van der Waals surface area (Å²) in [5, 5.41) is 3.41. The molecule has 1 aliphatic carbocycles. The Labute approximate surface area is 127 Å². The first-order valence-electron chi connectivity index (χ1n) is 7.95. The maximum absolute atomic E-state index is 12.9. The number of hydrogen-bond donors (Lipinski definition) is 1. The largest absolute Gasteiger partial charge is 0.313 e. The van der Waals surface area contributed by atoms with Crippen molar-refractivity contribution < 1.29 is 8.42 Å². The van der Waals surface area contributed by atoms with Crippen molar-refractivity contribution in [3.63, 3.8) is 0 Å². The van der Waals surface area contributed by atoms with Gasteiger partial charge in [-0.05, 0) is 56.3 Å². The van der Waals surface area contributed by atoms with Crippen LogP contribution in [0.3, 0.4) is 0 Å². The molecule has 0 spiro atoms. The van der Waals surface area contributed by atoms with Crippen LogP contribution in [0, 0.1) is 0 Å². The van der Waals surface area contributed by atoms with Gasteiger partial charge in [-0.2, -0.15) is 4.31 Å². The molecule has 1 aromatic carbocycles. The topological polar surface area (TPSA) is 49.4 Å².